The molecule has 1 atom stereocenters. The van der Waals surface area contributed by atoms with Gasteiger partial charge in [0.1, 0.15) is 5.82 Å². The Labute approximate surface area is 151 Å². The van der Waals surface area contributed by atoms with Crippen molar-refractivity contribution in [2.45, 2.75) is 12.8 Å². The van der Waals surface area contributed by atoms with Crippen molar-refractivity contribution in [2.24, 2.45) is 5.92 Å². The minimum absolute atomic E-state index is 0.248. The summed E-state index contributed by atoms with van der Waals surface area (Å²) in [5, 5.41) is 0. The summed E-state index contributed by atoms with van der Waals surface area (Å²) in [6.45, 7) is 3.04. The molecular formula is C19H22FN3O3. The smallest absolute Gasteiger partial charge is 0.183 e. The van der Waals surface area contributed by atoms with Crippen LogP contribution in [-0.4, -0.2) is 50.0 Å². The Morgan fingerprint density at radius 2 is 2.15 bits per heavy atom. The largest absolute Gasteiger partial charge is 0.493 e. The summed E-state index contributed by atoms with van der Waals surface area (Å²) in [6.07, 6.45) is 2.78. The van der Waals surface area contributed by atoms with E-state index in [0.717, 1.165) is 23.5 Å². The maximum absolute atomic E-state index is 14.2. The Balaban J connectivity index is 1.49. The molecule has 0 aliphatic carbocycles. The number of morpholine rings is 1. The Hall–Kier alpha value is -2.41. The topological polar surface area (TPSA) is 56.7 Å². The summed E-state index contributed by atoms with van der Waals surface area (Å²) in [6, 6.07) is 5.92. The molecule has 4 rings (SSSR count). The van der Waals surface area contributed by atoms with Gasteiger partial charge < -0.3 is 19.1 Å². The van der Waals surface area contributed by atoms with Crippen LogP contribution in [0.5, 0.6) is 11.5 Å². The van der Waals surface area contributed by atoms with Crippen molar-refractivity contribution in [3.63, 3.8) is 0 Å². The van der Waals surface area contributed by atoms with Crippen LogP contribution in [0.15, 0.2) is 24.4 Å². The number of methoxy groups -OCH3 is 1. The third-order valence-corrected chi connectivity index (χ3v) is 4.81. The lowest BCUT2D eigenvalue weighted by atomic mass is 9.93. The van der Waals surface area contributed by atoms with E-state index >= 15 is 0 Å². The molecule has 7 heteroatoms. The van der Waals surface area contributed by atoms with Crippen molar-refractivity contribution >= 4 is 5.82 Å². The van der Waals surface area contributed by atoms with Crippen molar-refractivity contribution in [1.29, 1.82) is 0 Å². The number of hydrogen-bond acceptors (Lipinski definition) is 6. The number of halogens is 1. The van der Waals surface area contributed by atoms with Gasteiger partial charge in [-0.2, -0.15) is 0 Å². The lowest BCUT2D eigenvalue weighted by Crippen LogP contribution is -2.37. The van der Waals surface area contributed by atoms with Crippen LogP contribution in [0.4, 0.5) is 10.2 Å². The fraction of sp³-hybridized carbons (Fsp3) is 0.474. The third kappa shape index (κ3) is 3.44. The van der Waals surface area contributed by atoms with Crippen molar-refractivity contribution in [2.75, 3.05) is 44.9 Å². The SMILES string of the molecule is COc1cccc2c1OC[C@@H](Cc1ncc(F)c(N3CCOCC3)n1)C2. The van der Waals surface area contributed by atoms with E-state index < -0.39 is 0 Å². The number of hydrogen-bond donors (Lipinski definition) is 0. The Kier molecular flexibility index (Phi) is 4.88. The molecule has 1 aromatic heterocycles. The molecule has 0 amide bonds. The molecule has 2 aliphatic heterocycles. The van der Waals surface area contributed by atoms with Crippen molar-refractivity contribution in [3.05, 3.63) is 41.6 Å². The highest BCUT2D eigenvalue weighted by Gasteiger charge is 2.25. The van der Waals surface area contributed by atoms with E-state index in [2.05, 4.69) is 16.0 Å². The molecule has 0 spiro atoms. The standard InChI is InChI=1S/C19H22FN3O3/c1-24-16-4-2-3-14-9-13(12-26-18(14)16)10-17-21-11-15(20)19(22-17)23-5-7-25-8-6-23/h2-4,11,13H,5-10,12H2,1H3/t13-/m1/s1. The zero-order valence-electron chi connectivity index (χ0n) is 14.8. The van der Waals surface area contributed by atoms with E-state index in [-0.39, 0.29) is 11.7 Å². The number of ether oxygens (including phenoxy) is 3. The van der Waals surface area contributed by atoms with E-state index in [1.54, 1.807) is 7.11 Å². The maximum atomic E-state index is 14.2. The van der Waals surface area contributed by atoms with Crippen molar-refractivity contribution in [1.82, 2.24) is 9.97 Å². The zero-order valence-corrected chi connectivity index (χ0v) is 14.8. The van der Waals surface area contributed by atoms with E-state index in [4.69, 9.17) is 14.2 Å². The molecule has 2 aromatic rings. The van der Waals surface area contributed by atoms with Crippen LogP contribution in [-0.2, 0) is 17.6 Å². The molecule has 1 aromatic carbocycles. The summed E-state index contributed by atoms with van der Waals surface area (Å²) in [4.78, 5) is 10.6. The molecule has 1 fully saturated rings. The van der Waals surface area contributed by atoms with Gasteiger partial charge in [-0.25, -0.2) is 14.4 Å². The van der Waals surface area contributed by atoms with Crippen LogP contribution in [0.3, 0.4) is 0 Å². The third-order valence-electron chi connectivity index (χ3n) is 4.81. The quantitative estimate of drug-likeness (QED) is 0.835. The van der Waals surface area contributed by atoms with Gasteiger partial charge >= 0.3 is 0 Å². The van der Waals surface area contributed by atoms with Gasteiger partial charge in [0.05, 0.1) is 33.1 Å². The monoisotopic (exact) mass is 359 g/mol. The normalized spacial score (nSPS) is 19.6. The van der Waals surface area contributed by atoms with Crippen LogP contribution in [0, 0.1) is 11.7 Å². The number of benzene rings is 1. The van der Waals surface area contributed by atoms with Gasteiger partial charge in [0.2, 0.25) is 0 Å². The first kappa shape index (κ1) is 17.0. The fourth-order valence-electron chi connectivity index (χ4n) is 3.50. The zero-order chi connectivity index (χ0) is 17.9. The van der Waals surface area contributed by atoms with Crippen LogP contribution >= 0.6 is 0 Å². The van der Waals surface area contributed by atoms with Gasteiger partial charge in [0.15, 0.2) is 23.1 Å². The van der Waals surface area contributed by atoms with E-state index in [0.29, 0.717) is 51.0 Å². The minimum Gasteiger partial charge on any atom is -0.493 e. The van der Waals surface area contributed by atoms with Crippen molar-refractivity contribution < 1.29 is 18.6 Å². The Morgan fingerprint density at radius 1 is 1.31 bits per heavy atom. The van der Waals surface area contributed by atoms with Gasteiger partial charge in [-0.05, 0) is 18.1 Å². The summed E-state index contributed by atoms with van der Waals surface area (Å²) in [5.74, 6) is 2.46. The van der Waals surface area contributed by atoms with Crippen LogP contribution < -0.4 is 14.4 Å². The van der Waals surface area contributed by atoms with Gasteiger partial charge in [-0.15, -0.1) is 0 Å². The fourth-order valence-corrected chi connectivity index (χ4v) is 3.50. The number of fused-ring (bicyclic) bond motifs is 1. The lowest BCUT2D eigenvalue weighted by Gasteiger charge is -2.29. The van der Waals surface area contributed by atoms with Crippen LogP contribution in [0.2, 0.25) is 0 Å². The number of aromatic nitrogens is 2. The second-order valence-electron chi connectivity index (χ2n) is 6.59. The van der Waals surface area contributed by atoms with Gasteiger partial charge in [0, 0.05) is 25.4 Å². The molecule has 3 heterocycles. The Morgan fingerprint density at radius 3 is 2.96 bits per heavy atom. The number of rotatable bonds is 4. The average Bonchev–Trinajstić information content (AvgIpc) is 2.69. The minimum atomic E-state index is -0.384. The van der Waals surface area contributed by atoms with Crippen LogP contribution in [0.25, 0.3) is 0 Å². The highest BCUT2D eigenvalue weighted by atomic mass is 19.1. The highest BCUT2D eigenvalue weighted by Crippen LogP contribution is 2.36. The molecule has 1 saturated heterocycles. The first-order valence-corrected chi connectivity index (χ1v) is 8.87. The second-order valence-corrected chi connectivity index (χ2v) is 6.59. The number of anilines is 1. The predicted molar refractivity (Wildman–Crippen MR) is 94.4 cm³/mol. The molecule has 0 radical (unpaired) electrons. The van der Waals surface area contributed by atoms with E-state index in [1.807, 2.05) is 17.0 Å². The Bertz CT molecular complexity index is 781. The van der Waals surface area contributed by atoms with E-state index in [1.165, 1.54) is 6.20 Å². The first-order chi connectivity index (χ1) is 12.7. The average molecular weight is 359 g/mol. The van der Waals surface area contributed by atoms with Gasteiger partial charge in [-0.1, -0.05) is 12.1 Å². The van der Waals surface area contributed by atoms with E-state index in [9.17, 15) is 4.39 Å². The summed E-state index contributed by atoms with van der Waals surface area (Å²) < 4.78 is 30.8. The number of para-hydroxylation sites is 1. The highest BCUT2D eigenvalue weighted by molar-refractivity contribution is 5.48. The van der Waals surface area contributed by atoms with Gasteiger partial charge in [-0.3, -0.25) is 0 Å². The molecule has 0 saturated carbocycles. The molecule has 26 heavy (non-hydrogen) atoms. The molecule has 0 N–H and O–H groups in total. The summed E-state index contributed by atoms with van der Waals surface area (Å²) in [7, 11) is 1.64. The molecule has 0 unspecified atom stereocenters. The molecule has 2 aliphatic rings. The lowest BCUT2D eigenvalue weighted by molar-refractivity contribution is 0.122. The van der Waals surface area contributed by atoms with Crippen LogP contribution in [0.1, 0.15) is 11.4 Å². The predicted octanol–water partition coefficient (Wildman–Crippen LogP) is 2.25. The number of nitrogens with zero attached hydrogens (tertiary/aromatic N) is 3. The molecule has 0 bridgehead atoms. The van der Waals surface area contributed by atoms with Gasteiger partial charge in [0.25, 0.3) is 0 Å². The van der Waals surface area contributed by atoms with Crippen molar-refractivity contribution in [3.8, 4) is 11.5 Å². The summed E-state index contributed by atoms with van der Waals surface area (Å²) >= 11 is 0. The second kappa shape index (κ2) is 7.45. The molecular weight excluding hydrogens is 337 g/mol. The molecule has 138 valence electrons. The maximum Gasteiger partial charge on any atom is 0.183 e. The molecule has 6 nitrogen and oxygen atoms in total. The first-order valence-electron chi connectivity index (χ1n) is 8.87. The summed E-state index contributed by atoms with van der Waals surface area (Å²) in [5.41, 5.74) is 1.12.